The molecule has 0 saturated carbocycles. The Bertz CT molecular complexity index is 821. The molecule has 0 unspecified atom stereocenters. The predicted octanol–water partition coefficient (Wildman–Crippen LogP) is 4.17. The molecule has 0 saturated heterocycles. The minimum Gasteiger partial charge on any atom is -0.467 e. The molecule has 6 heteroatoms. The van der Waals surface area contributed by atoms with Gasteiger partial charge in [-0.2, -0.15) is 5.10 Å². The van der Waals surface area contributed by atoms with Crippen molar-refractivity contribution in [3.05, 3.63) is 70.9 Å². The van der Waals surface area contributed by atoms with Crippen LogP contribution in [0, 0.1) is 0 Å². The summed E-state index contributed by atoms with van der Waals surface area (Å²) < 4.78 is 7.02. The smallest absolute Gasteiger partial charge is 0.255 e. The van der Waals surface area contributed by atoms with E-state index in [0.29, 0.717) is 22.9 Å². The van der Waals surface area contributed by atoms with Crippen molar-refractivity contribution in [1.29, 1.82) is 0 Å². The van der Waals surface area contributed by atoms with Gasteiger partial charge in [0.25, 0.3) is 5.91 Å². The average Bonchev–Trinajstić information content (AvgIpc) is 3.22. The van der Waals surface area contributed by atoms with Gasteiger partial charge in [-0.05, 0) is 42.3 Å². The van der Waals surface area contributed by atoms with Crippen LogP contribution in [0.2, 0.25) is 5.02 Å². The molecule has 0 aliphatic carbocycles. The number of nitrogens with zero attached hydrogens (tertiary/aromatic N) is 2. The number of carbonyl (C=O) groups excluding carboxylic acids is 1. The summed E-state index contributed by atoms with van der Waals surface area (Å²) in [6, 6.07) is 11.0. The van der Waals surface area contributed by atoms with E-state index in [1.165, 1.54) is 0 Å². The number of aromatic nitrogens is 2. The molecule has 2 heterocycles. The second kappa shape index (κ2) is 6.93. The van der Waals surface area contributed by atoms with Crippen LogP contribution < -0.4 is 5.32 Å². The van der Waals surface area contributed by atoms with E-state index in [1.54, 1.807) is 35.3 Å². The molecule has 24 heavy (non-hydrogen) atoms. The molecule has 0 spiro atoms. The number of nitrogens with one attached hydrogen (secondary N) is 1. The fourth-order valence-electron chi connectivity index (χ4n) is 2.55. The summed E-state index contributed by atoms with van der Waals surface area (Å²) in [5.41, 5.74) is 2.29. The maximum atomic E-state index is 12.5. The van der Waals surface area contributed by atoms with Crippen LogP contribution in [-0.2, 0) is 6.54 Å². The highest BCUT2D eigenvalue weighted by atomic mass is 35.5. The fraction of sp³-hybridized carbons (Fsp3) is 0.222. The first kappa shape index (κ1) is 16.3. The zero-order chi connectivity index (χ0) is 17.1. The van der Waals surface area contributed by atoms with Crippen LogP contribution in [-0.4, -0.2) is 15.7 Å². The summed E-state index contributed by atoms with van der Waals surface area (Å²) >= 11 is 5.94. The van der Waals surface area contributed by atoms with Crippen molar-refractivity contribution < 1.29 is 9.21 Å². The summed E-state index contributed by atoms with van der Waals surface area (Å²) in [6.45, 7) is 4.41. The van der Waals surface area contributed by atoms with Gasteiger partial charge < -0.3 is 9.73 Å². The Balaban J connectivity index is 1.88. The molecule has 0 bridgehead atoms. The van der Waals surface area contributed by atoms with Crippen LogP contribution in [0.4, 0.5) is 0 Å². The SMILES string of the molecule is CC(C)c1c(C(=O)NCc2ccco2)cnn1-c1ccc(Cl)cc1. The van der Waals surface area contributed by atoms with Crippen LogP contribution in [0.5, 0.6) is 0 Å². The number of rotatable bonds is 5. The fourth-order valence-corrected chi connectivity index (χ4v) is 2.68. The van der Waals surface area contributed by atoms with E-state index in [4.69, 9.17) is 16.0 Å². The maximum Gasteiger partial charge on any atom is 0.255 e. The Morgan fingerprint density at radius 1 is 1.29 bits per heavy atom. The zero-order valence-electron chi connectivity index (χ0n) is 13.5. The first-order valence-corrected chi connectivity index (χ1v) is 8.08. The van der Waals surface area contributed by atoms with Crippen LogP contribution >= 0.6 is 11.6 Å². The highest BCUT2D eigenvalue weighted by Gasteiger charge is 2.20. The van der Waals surface area contributed by atoms with Gasteiger partial charge in [-0.1, -0.05) is 25.4 Å². The molecule has 3 aromatic rings. The van der Waals surface area contributed by atoms with Gasteiger partial charge in [0.2, 0.25) is 0 Å². The Morgan fingerprint density at radius 2 is 2.04 bits per heavy atom. The van der Waals surface area contributed by atoms with Crippen LogP contribution in [0.3, 0.4) is 0 Å². The minimum absolute atomic E-state index is 0.132. The highest BCUT2D eigenvalue weighted by Crippen LogP contribution is 2.24. The zero-order valence-corrected chi connectivity index (χ0v) is 14.2. The third-order valence-corrected chi connectivity index (χ3v) is 3.92. The first-order chi connectivity index (χ1) is 11.6. The summed E-state index contributed by atoms with van der Waals surface area (Å²) in [5, 5.41) is 7.92. The van der Waals surface area contributed by atoms with Crippen LogP contribution in [0.1, 0.15) is 41.6 Å². The number of amides is 1. The van der Waals surface area contributed by atoms with E-state index in [-0.39, 0.29) is 11.8 Å². The number of hydrogen-bond donors (Lipinski definition) is 1. The Morgan fingerprint density at radius 3 is 2.67 bits per heavy atom. The lowest BCUT2D eigenvalue weighted by atomic mass is 10.0. The van der Waals surface area contributed by atoms with Crippen molar-refractivity contribution in [1.82, 2.24) is 15.1 Å². The van der Waals surface area contributed by atoms with E-state index in [2.05, 4.69) is 10.4 Å². The van der Waals surface area contributed by atoms with Crippen LogP contribution in [0.25, 0.3) is 5.69 Å². The molecule has 3 rings (SSSR count). The lowest BCUT2D eigenvalue weighted by molar-refractivity contribution is 0.0946. The third kappa shape index (κ3) is 3.36. The Kier molecular flexibility index (Phi) is 4.71. The summed E-state index contributed by atoms with van der Waals surface area (Å²) in [5.74, 6) is 0.669. The van der Waals surface area contributed by atoms with Gasteiger partial charge in [-0.15, -0.1) is 0 Å². The van der Waals surface area contributed by atoms with Crippen molar-refractivity contribution in [3.63, 3.8) is 0 Å². The topological polar surface area (TPSA) is 60.1 Å². The molecule has 0 radical (unpaired) electrons. The van der Waals surface area contributed by atoms with Gasteiger partial charge in [-0.3, -0.25) is 4.79 Å². The molecule has 0 atom stereocenters. The summed E-state index contributed by atoms with van der Waals surface area (Å²) in [6.07, 6.45) is 3.18. The summed E-state index contributed by atoms with van der Waals surface area (Å²) in [4.78, 5) is 12.5. The van der Waals surface area contributed by atoms with Gasteiger partial charge in [0.1, 0.15) is 5.76 Å². The van der Waals surface area contributed by atoms with E-state index < -0.39 is 0 Å². The van der Waals surface area contributed by atoms with E-state index in [9.17, 15) is 4.79 Å². The number of hydrogen-bond acceptors (Lipinski definition) is 3. The average molecular weight is 344 g/mol. The molecular formula is C18H18ClN3O2. The third-order valence-electron chi connectivity index (χ3n) is 3.67. The predicted molar refractivity (Wildman–Crippen MR) is 92.5 cm³/mol. The van der Waals surface area contributed by atoms with E-state index in [0.717, 1.165) is 11.4 Å². The quantitative estimate of drug-likeness (QED) is 0.756. The normalized spacial score (nSPS) is 11.0. The molecular weight excluding hydrogens is 326 g/mol. The standard InChI is InChI=1S/C18H18ClN3O2/c1-12(2)17-16(18(23)20-10-15-4-3-9-24-15)11-21-22(17)14-7-5-13(19)6-8-14/h3-9,11-12H,10H2,1-2H3,(H,20,23). The number of benzene rings is 1. The molecule has 0 fully saturated rings. The van der Waals surface area contributed by atoms with Crippen molar-refractivity contribution in [2.24, 2.45) is 0 Å². The molecule has 0 aliphatic rings. The number of furan rings is 1. The van der Waals surface area contributed by atoms with Crippen molar-refractivity contribution in [2.45, 2.75) is 26.3 Å². The van der Waals surface area contributed by atoms with Crippen molar-refractivity contribution >= 4 is 17.5 Å². The number of carbonyl (C=O) groups is 1. The van der Waals surface area contributed by atoms with E-state index in [1.807, 2.05) is 32.0 Å². The lowest BCUT2D eigenvalue weighted by Gasteiger charge is -2.13. The molecule has 2 aromatic heterocycles. The number of halogens is 1. The Labute approximate surface area is 145 Å². The lowest BCUT2D eigenvalue weighted by Crippen LogP contribution is -2.24. The van der Waals surface area contributed by atoms with E-state index >= 15 is 0 Å². The van der Waals surface area contributed by atoms with Gasteiger partial charge in [0, 0.05) is 5.02 Å². The largest absolute Gasteiger partial charge is 0.467 e. The van der Waals surface area contributed by atoms with Crippen molar-refractivity contribution in [2.75, 3.05) is 0 Å². The molecule has 1 amide bonds. The van der Waals surface area contributed by atoms with Gasteiger partial charge in [-0.25, -0.2) is 4.68 Å². The minimum atomic E-state index is -0.171. The highest BCUT2D eigenvalue weighted by molar-refractivity contribution is 6.30. The second-order valence-electron chi connectivity index (χ2n) is 5.75. The molecule has 0 aliphatic heterocycles. The second-order valence-corrected chi connectivity index (χ2v) is 6.18. The molecule has 5 nitrogen and oxygen atoms in total. The van der Waals surface area contributed by atoms with Crippen molar-refractivity contribution in [3.8, 4) is 5.69 Å². The summed E-state index contributed by atoms with van der Waals surface area (Å²) in [7, 11) is 0. The maximum absolute atomic E-state index is 12.5. The molecule has 124 valence electrons. The molecule has 1 aromatic carbocycles. The Hall–Kier alpha value is -2.53. The monoisotopic (exact) mass is 343 g/mol. The van der Waals surface area contributed by atoms with Gasteiger partial charge >= 0.3 is 0 Å². The van der Waals surface area contributed by atoms with Gasteiger partial charge in [0.05, 0.1) is 35.9 Å². The van der Waals surface area contributed by atoms with Gasteiger partial charge in [0.15, 0.2) is 0 Å². The first-order valence-electron chi connectivity index (χ1n) is 7.70. The van der Waals surface area contributed by atoms with Crippen LogP contribution in [0.15, 0.2) is 53.3 Å². The molecule has 1 N–H and O–H groups in total.